The molecule has 0 amide bonds. The molecule has 248 valence electrons. The van der Waals surface area contributed by atoms with E-state index in [1.54, 1.807) is 21.1 Å². The Morgan fingerprint density at radius 3 is 2.04 bits per heavy atom. The minimum absolute atomic E-state index is 0.0643. The molecule has 0 spiro atoms. The Morgan fingerprint density at radius 1 is 0.894 bits per heavy atom. The largest absolute Gasteiger partial charge is 0.606 e. The van der Waals surface area contributed by atoms with Crippen LogP contribution in [-0.2, 0) is 28.6 Å². The number of phosphoric acid groups is 1. The third-order valence-corrected chi connectivity index (χ3v) is 9.85. The van der Waals surface area contributed by atoms with Gasteiger partial charge >= 0.3 is 13.9 Å². The summed E-state index contributed by atoms with van der Waals surface area (Å²) in [7, 11) is -0.703. The number of phosphoric ester groups is 1. The Bertz CT molecular complexity index is 1710. The van der Waals surface area contributed by atoms with E-state index in [2.05, 4.69) is 4.98 Å². The predicted molar refractivity (Wildman–Crippen MR) is 171 cm³/mol. The molecule has 47 heavy (non-hydrogen) atoms. The predicted octanol–water partition coefficient (Wildman–Crippen LogP) is 4.02. The van der Waals surface area contributed by atoms with E-state index in [-0.39, 0.29) is 26.2 Å². The van der Waals surface area contributed by atoms with E-state index in [1.807, 2.05) is 78.9 Å². The average Bonchev–Trinajstić information content (AvgIpc) is 3.49. The molecule has 3 atom stereocenters. The van der Waals surface area contributed by atoms with Crippen molar-refractivity contribution in [2.45, 2.75) is 43.8 Å². The standard InChI is InChI=1S/C34H37N2O10P/c1-23-21-36(33(38)35-32(23)37)31-20-29(46-47(39)43-18-7-19-44-47)30(45-31)22-42-34(24-8-5-4-6-9-24,25-10-14-27(40-2)15-11-25)26-12-16-28(41-3)17-13-26/h4-6,8-17,21,29-31H,7,18-20,22H2,1-3H3,(H,35,37,38)/t29-,30+,31+/m0/s1. The molecule has 3 heterocycles. The second-order valence-electron chi connectivity index (χ2n) is 11.3. The first-order valence-electron chi connectivity index (χ1n) is 15.3. The van der Waals surface area contributed by atoms with Crippen LogP contribution in [0.4, 0.5) is 0 Å². The lowest BCUT2D eigenvalue weighted by Crippen LogP contribution is -2.39. The van der Waals surface area contributed by atoms with Crippen LogP contribution in [0.25, 0.3) is 0 Å². The lowest BCUT2D eigenvalue weighted by atomic mass is 9.80. The van der Waals surface area contributed by atoms with E-state index in [0.717, 1.165) is 16.7 Å². The van der Waals surface area contributed by atoms with Crippen LogP contribution in [0.2, 0.25) is 0 Å². The maximum absolute atomic E-state index is 13.4. The normalized spacial score (nSPS) is 21.0. The van der Waals surface area contributed by atoms with Gasteiger partial charge in [-0.2, -0.15) is 13.6 Å². The number of H-pyrrole nitrogens is 1. The number of aromatic amines is 1. The highest BCUT2D eigenvalue weighted by Gasteiger charge is 2.49. The highest BCUT2D eigenvalue weighted by Crippen LogP contribution is 2.58. The molecule has 6 rings (SSSR count). The Hall–Kier alpha value is -3.87. The fourth-order valence-electron chi connectivity index (χ4n) is 5.89. The Balaban J connectivity index is 1.41. The maximum atomic E-state index is 13.4. The number of hydrogen-bond donors (Lipinski definition) is 1. The molecule has 3 aromatic carbocycles. The fraction of sp³-hybridized carbons (Fsp3) is 0.353. The molecule has 4 aromatic rings. The van der Waals surface area contributed by atoms with Crippen LogP contribution in [0, 0.1) is 6.92 Å². The molecular formula is C34H37N2O10P. The van der Waals surface area contributed by atoms with Crippen LogP contribution in [-0.4, -0.2) is 55.8 Å². The number of methoxy groups -OCH3 is 2. The molecule has 1 N–H and O–H groups in total. The molecule has 0 bridgehead atoms. The monoisotopic (exact) mass is 664 g/mol. The van der Waals surface area contributed by atoms with Gasteiger partial charge in [-0.1, -0.05) is 54.6 Å². The average molecular weight is 665 g/mol. The van der Waals surface area contributed by atoms with Gasteiger partial charge in [0, 0.05) is 24.6 Å². The zero-order chi connectivity index (χ0) is 33.0. The highest BCUT2D eigenvalue weighted by atomic mass is 31.2. The quantitative estimate of drug-likeness (QED) is 0.185. The smallest absolute Gasteiger partial charge is 0.379 e. The molecule has 12 nitrogen and oxygen atoms in total. The van der Waals surface area contributed by atoms with Crippen LogP contribution < -0.4 is 25.6 Å². The van der Waals surface area contributed by atoms with Gasteiger partial charge in [-0.25, -0.2) is 4.79 Å². The summed E-state index contributed by atoms with van der Waals surface area (Å²) in [6.07, 6.45) is -0.424. The van der Waals surface area contributed by atoms with Crippen molar-refractivity contribution >= 4 is 8.17 Å². The van der Waals surface area contributed by atoms with E-state index < -0.39 is 43.5 Å². The number of nitrogens with one attached hydrogen (secondary N) is 1. The third-order valence-electron chi connectivity index (χ3n) is 8.33. The van der Waals surface area contributed by atoms with Crippen LogP contribution >= 0.6 is 8.17 Å². The molecule has 2 aliphatic heterocycles. The van der Waals surface area contributed by atoms with E-state index in [4.69, 9.17) is 32.5 Å². The molecule has 13 heteroatoms. The summed E-state index contributed by atoms with van der Waals surface area (Å²) < 4.78 is 42.5. The first kappa shape index (κ1) is 33.0. The fourth-order valence-corrected chi connectivity index (χ4v) is 7.34. The number of ether oxygens (including phenoxy) is 4. The Morgan fingerprint density at radius 2 is 1.47 bits per heavy atom. The van der Waals surface area contributed by atoms with E-state index in [9.17, 15) is 14.5 Å². The SMILES string of the molecule is COc1ccc(C(OC[C@H]2O[C@@H](n3cc(C)c(=O)[nH]c3=O)C[C@@H]2O[P+]2([O-])OCCCO2)(c2ccccc2)c2ccc(OC)cc2)cc1. The molecule has 2 saturated heterocycles. The third kappa shape index (κ3) is 6.90. The summed E-state index contributed by atoms with van der Waals surface area (Å²) in [5.74, 6) is 1.36. The Labute approximate surface area is 272 Å². The molecule has 1 aromatic heterocycles. The first-order valence-corrected chi connectivity index (χ1v) is 16.7. The number of aryl methyl sites for hydroxylation is 1. The highest BCUT2D eigenvalue weighted by molar-refractivity contribution is 7.54. The number of hydrogen-bond acceptors (Lipinski definition) is 10. The summed E-state index contributed by atoms with van der Waals surface area (Å²) in [4.78, 5) is 40.7. The molecule has 2 fully saturated rings. The van der Waals surface area contributed by atoms with Gasteiger partial charge in [0.2, 0.25) is 0 Å². The van der Waals surface area contributed by atoms with Crippen LogP contribution in [0.5, 0.6) is 11.5 Å². The van der Waals surface area contributed by atoms with Crippen molar-refractivity contribution in [3.05, 3.63) is 128 Å². The van der Waals surface area contributed by atoms with Crippen molar-refractivity contribution in [3.63, 3.8) is 0 Å². The van der Waals surface area contributed by atoms with Gasteiger partial charge in [0.05, 0.1) is 34.0 Å². The van der Waals surface area contributed by atoms with Gasteiger partial charge in [0.1, 0.15) is 35.5 Å². The molecule has 0 radical (unpaired) electrons. The number of benzene rings is 3. The maximum Gasteiger partial charge on any atom is 0.379 e. The van der Waals surface area contributed by atoms with Gasteiger partial charge < -0.3 is 23.8 Å². The second-order valence-corrected chi connectivity index (χ2v) is 12.9. The van der Waals surface area contributed by atoms with E-state index in [0.29, 0.717) is 23.5 Å². The summed E-state index contributed by atoms with van der Waals surface area (Å²) >= 11 is 0. The van der Waals surface area contributed by atoms with Crippen molar-refractivity contribution in [1.29, 1.82) is 0 Å². The van der Waals surface area contributed by atoms with Crippen LogP contribution in [0.15, 0.2) is 94.6 Å². The van der Waals surface area contributed by atoms with Crippen LogP contribution in [0.1, 0.15) is 41.3 Å². The van der Waals surface area contributed by atoms with Gasteiger partial charge in [-0.05, 0) is 47.9 Å². The van der Waals surface area contributed by atoms with Crippen molar-refractivity contribution < 1.29 is 37.4 Å². The lowest BCUT2D eigenvalue weighted by Gasteiger charge is -2.37. The molecule has 2 aliphatic rings. The summed E-state index contributed by atoms with van der Waals surface area (Å²) in [5, 5.41) is 0. The molecular weight excluding hydrogens is 627 g/mol. The van der Waals surface area contributed by atoms with Crippen molar-refractivity contribution in [3.8, 4) is 11.5 Å². The van der Waals surface area contributed by atoms with Gasteiger partial charge in [0.25, 0.3) is 5.56 Å². The zero-order valence-electron chi connectivity index (χ0n) is 26.3. The van der Waals surface area contributed by atoms with Crippen molar-refractivity contribution in [1.82, 2.24) is 9.55 Å². The Kier molecular flexibility index (Phi) is 9.90. The van der Waals surface area contributed by atoms with Crippen molar-refractivity contribution in [2.24, 2.45) is 0 Å². The molecule has 0 saturated carbocycles. The number of aromatic nitrogens is 2. The first-order chi connectivity index (χ1) is 22.7. The minimum atomic E-state index is -3.91. The zero-order valence-corrected chi connectivity index (χ0v) is 27.2. The molecule has 0 aliphatic carbocycles. The topological polar surface area (TPSA) is 143 Å². The summed E-state index contributed by atoms with van der Waals surface area (Å²) in [6, 6.07) is 25.0. The van der Waals surface area contributed by atoms with Gasteiger partial charge in [0.15, 0.2) is 0 Å². The lowest BCUT2D eigenvalue weighted by molar-refractivity contribution is -0.261. The molecule has 0 unspecified atom stereocenters. The van der Waals surface area contributed by atoms with Crippen LogP contribution in [0.3, 0.4) is 0 Å². The number of nitrogens with zero attached hydrogens (tertiary/aromatic N) is 1. The summed E-state index contributed by atoms with van der Waals surface area (Å²) in [6.45, 7) is 1.98. The number of rotatable bonds is 11. The minimum Gasteiger partial charge on any atom is -0.606 e. The van der Waals surface area contributed by atoms with Crippen molar-refractivity contribution in [2.75, 3.05) is 34.0 Å². The second kappa shape index (κ2) is 14.1. The van der Waals surface area contributed by atoms with E-state index in [1.165, 1.54) is 10.8 Å². The van der Waals surface area contributed by atoms with Gasteiger partial charge in [-0.3, -0.25) is 14.3 Å². The van der Waals surface area contributed by atoms with E-state index >= 15 is 0 Å². The summed E-state index contributed by atoms with van der Waals surface area (Å²) in [5.41, 5.74) is 0.483. The van der Waals surface area contributed by atoms with Gasteiger partial charge in [-0.15, -0.1) is 0 Å².